The number of phenolic OH excluding ortho intramolecular Hbond substituents is 1. The third-order valence-corrected chi connectivity index (χ3v) is 5.14. The monoisotopic (exact) mass is 358 g/mol. The second kappa shape index (κ2) is 5.84. The number of pyridine rings is 1. The number of hydrogen-bond acceptors (Lipinski definition) is 5. The van der Waals surface area contributed by atoms with E-state index in [1.807, 2.05) is 37.3 Å². The van der Waals surface area contributed by atoms with Crippen LogP contribution in [0.1, 0.15) is 30.5 Å². The van der Waals surface area contributed by atoms with Gasteiger partial charge in [-0.05, 0) is 42.8 Å². The molecule has 0 amide bonds. The van der Waals surface area contributed by atoms with E-state index in [4.69, 9.17) is 4.74 Å². The average molecular weight is 358 g/mol. The number of rotatable bonds is 1. The molecule has 5 heteroatoms. The van der Waals surface area contributed by atoms with Gasteiger partial charge in [0.2, 0.25) is 0 Å². The number of ether oxygens (including phenoxy) is 1. The summed E-state index contributed by atoms with van der Waals surface area (Å²) < 4.78 is 6.21. The van der Waals surface area contributed by atoms with Crippen LogP contribution in [0.3, 0.4) is 0 Å². The quantitative estimate of drug-likeness (QED) is 0.682. The first-order valence-corrected chi connectivity index (χ1v) is 8.99. The SMILES string of the molecule is C[C@@H]1CC(=O)C2=C(O1)c1c(ccc3ncccc13)N[C@@H]2c1cccc(O)c1. The minimum atomic E-state index is -0.367. The van der Waals surface area contributed by atoms with Crippen LogP contribution in [0.4, 0.5) is 5.69 Å². The van der Waals surface area contributed by atoms with E-state index in [2.05, 4.69) is 10.3 Å². The van der Waals surface area contributed by atoms with Gasteiger partial charge in [-0.25, -0.2) is 0 Å². The number of Topliss-reactive ketones (excluding diaryl/α,β-unsaturated/α-hetero) is 1. The number of fused-ring (bicyclic) bond motifs is 4. The lowest BCUT2D eigenvalue weighted by Crippen LogP contribution is -2.32. The zero-order valence-corrected chi connectivity index (χ0v) is 14.8. The van der Waals surface area contributed by atoms with Crippen molar-refractivity contribution in [2.45, 2.75) is 25.5 Å². The van der Waals surface area contributed by atoms with Crippen LogP contribution >= 0.6 is 0 Å². The Hall–Kier alpha value is -3.34. The summed E-state index contributed by atoms with van der Waals surface area (Å²) in [5.74, 6) is 0.859. The maximum Gasteiger partial charge on any atom is 0.168 e. The van der Waals surface area contributed by atoms with Crippen LogP contribution in [0.15, 0.2) is 60.3 Å². The fourth-order valence-corrected chi connectivity index (χ4v) is 3.99. The van der Waals surface area contributed by atoms with Crippen LogP contribution in [-0.2, 0) is 9.53 Å². The minimum absolute atomic E-state index is 0.0659. The highest BCUT2D eigenvalue weighted by Crippen LogP contribution is 2.47. The molecule has 0 radical (unpaired) electrons. The third-order valence-electron chi connectivity index (χ3n) is 5.14. The van der Waals surface area contributed by atoms with E-state index in [-0.39, 0.29) is 23.7 Å². The van der Waals surface area contributed by atoms with Crippen LogP contribution in [0.2, 0.25) is 0 Å². The minimum Gasteiger partial charge on any atom is -0.508 e. The summed E-state index contributed by atoms with van der Waals surface area (Å²) in [4.78, 5) is 17.4. The predicted octanol–water partition coefficient (Wildman–Crippen LogP) is 4.20. The highest BCUT2D eigenvalue weighted by molar-refractivity contribution is 6.10. The Balaban J connectivity index is 1.80. The summed E-state index contributed by atoms with van der Waals surface area (Å²) >= 11 is 0. The van der Waals surface area contributed by atoms with Gasteiger partial charge >= 0.3 is 0 Å². The molecule has 134 valence electrons. The first-order valence-electron chi connectivity index (χ1n) is 8.99. The van der Waals surface area contributed by atoms with Gasteiger partial charge in [0.1, 0.15) is 17.6 Å². The zero-order valence-electron chi connectivity index (χ0n) is 14.8. The van der Waals surface area contributed by atoms with Crippen LogP contribution in [-0.4, -0.2) is 22.0 Å². The second-order valence-electron chi connectivity index (χ2n) is 7.03. The van der Waals surface area contributed by atoms with E-state index in [0.717, 1.165) is 27.7 Å². The molecule has 0 saturated heterocycles. The number of anilines is 1. The Bertz CT molecular complexity index is 1120. The number of phenols is 1. The molecule has 2 aliphatic heterocycles. The Kier molecular flexibility index (Phi) is 3.44. The standard InChI is InChI=1S/C22H18N2O3/c1-12-10-18(26)20-21(13-4-2-5-14(25)11-13)24-17-8-7-16-15(6-3-9-23-16)19(17)22(20)27-12/h2-9,11-12,21,24-25H,10H2,1H3/t12-,21-/m1/s1. The fraction of sp³-hybridized carbons (Fsp3) is 0.182. The van der Waals surface area contributed by atoms with Crippen LogP contribution in [0.25, 0.3) is 16.7 Å². The van der Waals surface area contributed by atoms with Crippen LogP contribution < -0.4 is 5.32 Å². The van der Waals surface area contributed by atoms with E-state index < -0.39 is 0 Å². The molecule has 2 aromatic carbocycles. The molecule has 2 aliphatic rings. The van der Waals surface area contributed by atoms with E-state index in [1.54, 1.807) is 24.4 Å². The van der Waals surface area contributed by atoms with E-state index in [0.29, 0.717) is 17.8 Å². The maximum atomic E-state index is 13.0. The first-order chi connectivity index (χ1) is 13.1. The fourth-order valence-electron chi connectivity index (χ4n) is 3.99. The molecule has 0 fully saturated rings. The average Bonchev–Trinajstić information content (AvgIpc) is 2.66. The van der Waals surface area contributed by atoms with Crippen LogP contribution in [0, 0.1) is 0 Å². The number of nitrogens with zero attached hydrogens (tertiary/aromatic N) is 1. The van der Waals surface area contributed by atoms with Gasteiger partial charge in [-0.3, -0.25) is 9.78 Å². The number of carbonyl (C=O) groups is 1. The van der Waals surface area contributed by atoms with Gasteiger partial charge in [0.05, 0.1) is 17.1 Å². The molecule has 3 heterocycles. The summed E-state index contributed by atoms with van der Waals surface area (Å²) in [6.07, 6.45) is 1.92. The molecular formula is C22H18N2O3. The van der Waals surface area contributed by atoms with Gasteiger partial charge in [-0.15, -0.1) is 0 Å². The lowest BCUT2D eigenvalue weighted by Gasteiger charge is -2.36. The summed E-state index contributed by atoms with van der Waals surface area (Å²) in [5, 5.41) is 14.3. The van der Waals surface area contributed by atoms with Crippen molar-refractivity contribution in [3.8, 4) is 5.75 Å². The summed E-state index contributed by atoms with van der Waals surface area (Å²) in [7, 11) is 0. The van der Waals surface area contributed by atoms with Crippen molar-refractivity contribution in [2.75, 3.05) is 5.32 Å². The molecule has 1 aromatic heterocycles. The number of carbonyl (C=O) groups excluding carboxylic acids is 1. The molecule has 2 N–H and O–H groups in total. The maximum absolute atomic E-state index is 13.0. The molecular weight excluding hydrogens is 340 g/mol. The van der Waals surface area contributed by atoms with Gasteiger partial charge in [0.15, 0.2) is 5.78 Å². The number of benzene rings is 2. The number of hydrogen-bond donors (Lipinski definition) is 2. The van der Waals surface area contributed by atoms with Gasteiger partial charge in [0, 0.05) is 29.3 Å². The van der Waals surface area contributed by atoms with Crippen molar-refractivity contribution >= 4 is 28.1 Å². The molecule has 0 unspecified atom stereocenters. The highest BCUT2D eigenvalue weighted by atomic mass is 16.5. The number of ketones is 1. The molecule has 0 saturated carbocycles. The molecule has 5 nitrogen and oxygen atoms in total. The largest absolute Gasteiger partial charge is 0.508 e. The predicted molar refractivity (Wildman–Crippen MR) is 103 cm³/mol. The molecule has 3 aromatic rings. The van der Waals surface area contributed by atoms with Crippen molar-refractivity contribution in [2.24, 2.45) is 0 Å². The molecule has 0 bridgehead atoms. The number of aromatic hydroxyl groups is 1. The topological polar surface area (TPSA) is 71.5 Å². The Labute approximate surface area is 156 Å². The van der Waals surface area contributed by atoms with Gasteiger partial charge < -0.3 is 15.2 Å². The normalized spacial score (nSPS) is 21.3. The molecule has 0 aliphatic carbocycles. The molecule has 27 heavy (non-hydrogen) atoms. The second-order valence-corrected chi connectivity index (χ2v) is 7.03. The molecule has 5 rings (SSSR count). The van der Waals surface area contributed by atoms with Crippen molar-refractivity contribution in [3.05, 3.63) is 71.4 Å². The molecule has 2 atom stereocenters. The third kappa shape index (κ3) is 2.46. The van der Waals surface area contributed by atoms with Gasteiger partial charge in [-0.2, -0.15) is 0 Å². The van der Waals surface area contributed by atoms with E-state index in [9.17, 15) is 9.90 Å². The first kappa shape index (κ1) is 15.9. The smallest absolute Gasteiger partial charge is 0.168 e. The Morgan fingerprint density at radius 2 is 2.07 bits per heavy atom. The van der Waals surface area contributed by atoms with Gasteiger partial charge in [0.25, 0.3) is 0 Å². The lowest BCUT2D eigenvalue weighted by atomic mass is 9.84. The van der Waals surface area contributed by atoms with Crippen molar-refractivity contribution < 1.29 is 14.6 Å². The Morgan fingerprint density at radius 3 is 2.93 bits per heavy atom. The number of nitrogens with one attached hydrogen (secondary N) is 1. The van der Waals surface area contributed by atoms with E-state index >= 15 is 0 Å². The van der Waals surface area contributed by atoms with Crippen molar-refractivity contribution in [1.29, 1.82) is 0 Å². The lowest BCUT2D eigenvalue weighted by molar-refractivity contribution is -0.118. The van der Waals surface area contributed by atoms with E-state index in [1.165, 1.54) is 0 Å². The Morgan fingerprint density at radius 1 is 1.19 bits per heavy atom. The van der Waals surface area contributed by atoms with Crippen molar-refractivity contribution in [1.82, 2.24) is 4.98 Å². The summed E-state index contributed by atoms with van der Waals surface area (Å²) in [6, 6.07) is 14.4. The number of aromatic nitrogens is 1. The molecule has 0 spiro atoms. The summed E-state index contributed by atoms with van der Waals surface area (Å²) in [5.41, 5.74) is 4.07. The van der Waals surface area contributed by atoms with Crippen LogP contribution in [0.5, 0.6) is 5.75 Å². The van der Waals surface area contributed by atoms with Crippen molar-refractivity contribution in [3.63, 3.8) is 0 Å². The summed E-state index contributed by atoms with van der Waals surface area (Å²) in [6.45, 7) is 1.91. The highest BCUT2D eigenvalue weighted by Gasteiger charge is 2.38. The zero-order chi connectivity index (χ0) is 18.5. The van der Waals surface area contributed by atoms with Gasteiger partial charge in [-0.1, -0.05) is 18.2 Å².